The third-order valence-corrected chi connectivity index (χ3v) is 5.80. The highest BCUT2D eigenvalue weighted by Crippen LogP contribution is 2.25. The van der Waals surface area contributed by atoms with Crippen LogP contribution in [0.25, 0.3) is 10.9 Å². The molecular formula is C23H25BrN4O4. The normalized spacial score (nSPS) is 13.4. The van der Waals surface area contributed by atoms with Gasteiger partial charge in [-0.05, 0) is 44.0 Å². The van der Waals surface area contributed by atoms with E-state index in [0.29, 0.717) is 28.0 Å². The summed E-state index contributed by atoms with van der Waals surface area (Å²) in [6, 6.07) is 9.67. The van der Waals surface area contributed by atoms with Crippen LogP contribution in [0.3, 0.4) is 0 Å². The molecular weight excluding hydrogens is 476 g/mol. The van der Waals surface area contributed by atoms with Crippen molar-refractivity contribution in [3.63, 3.8) is 0 Å². The largest absolute Gasteiger partial charge is 0.490 e. The minimum absolute atomic E-state index is 0.0196. The Bertz CT molecular complexity index is 1240. The Balaban J connectivity index is 2.19. The number of benzene rings is 2. The maximum absolute atomic E-state index is 13.3. The van der Waals surface area contributed by atoms with E-state index in [1.165, 1.54) is 23.0 Å². The SMILES string of the molecule is CC[C@H](C)Oc1ccc([N+](=O)[O-])cc1C=Nn1c([C@@H](C)CC)nc2ccc(Br)cc2c1=O. The molecule has 0 bridgehead atoms. The van der Waals surface area contributed by atoms with Gasteiger partial charge < -0.3 is 4.74 Å². The fourth-order valence-corrected chi connectivity index (χ4v) is 3.42. The van der Waals surface area contributed by atoms with Crippen molar-refractivity contribution in [2.45, 2.75) is 52.6 Å². The summed E-state index contributed by atoms with van der Waals surface area (Å²) in [5.74, 6) is 0.968. The third kappa shape index (κ3) is 5.04. The zero-order valence-electron chi connectivity index (χ0n) is 18.4. The van der Waals surface area contributed by atoms with Crippen molar-refractivity contribution in [3.8, 4) is 5.75 Å². The molecule has 0 radical (unpaired) electrons. The molecule has 1 aromatic heterocycles. The predicted molar refractivity (Wildman–Crippen MR) is 129 cm³/mol. The van der Waals surface area contributed by atoms with Gasteiger partial charge in [0.25, 0.3) is 11.2 Å². The van der Waals surface area contributed by atoms with Gasteiger partial charge in [-0.3, -0.25) is 14.9 Å². The lowest BCUT2D eigenvalue weighted by atomic mass is 10.1. The Hall–Kier alpha value is -3.07. The van der Waals surface area contributed by atoms with Crippen molar-refractivity contribution >= 4 is 38.7 Å². The quantitative estimate of drug-likeness (QED) is 0.226. The first kappa shape index (κ1) is 23.6. The molecule has 0 aliphatic carbocycles. The first-order chi connectivity index (χ1) is 15.2. The van der Waals surface area contributed by atoms with Gasteiger partial charge in [0, 0.05) is 28.1 Å². The van der Waals surface area contributed by atoms with E-state index >= 15 is 0 Å². The minimum Gasteiger partial charge on any atom is -0.490 e. The topological polar surface area (TPSA) is 99.6 Å². The van der Waals surface area contributed by atoms with Gasteiger partial charge in [0.15, 0.2) is 0 Å². The molecule has 0 aliphatic rings. The van der Waals surface area contributed by atoms with Gasteiger partial charge in [-0.1, -0.05) is 36.7 Å². The molecule has 0 saturated heterocycles. The number of halogens is 1. The molecule has 3 rings (SSSR count). The summed E-state index contributed by atoms with van der Waals surface area (Å²) < 4.78 is 7.95. The number of aromatic nitrogens is 2. The summed E-state index contributed by atoms with van der Waals surface area (Å²) in [5.41, 5.74) is 0.614. The molecule has 0 fully saturated rings. The van der Waals surface area contributed by atoms with E-state index in [0.717, 1.165) is 17.3 Å². The molecule has 0 spiro atoms. The van der Waals surface area contributed by atoms with Crippen LogP contribution < -0.4 is 10.3 Å². The Labute approximate surface area is 194 Å². The maximum Gasteiger partial charge on any atom is 0.282 e. The Morgan fingerprint density at radius 2 is 1.97 bits per heavy atom. The summed E-state index contributed by atoms with van der Waals surface area (Å²) in [7, 11) is 0. The van der Waals surface area contributed by atoms with Gasteiger partial charge in [-0.15, -0.1) is 0 Å². The number of nitro benzene ring substituents is 1. The molecule has 0 saturated carbocycles. The lowest BCUT2D eigenvalue weighted by Gasteiger charge is -2.15. The highest BCUT2D eigenvalue weighted by atomic mass is 79.9. The maximum atomic E-state index is 13.3. The molecule has 32 heavy (non-hydrogen) atoms. The van der Waals surface area contributed by atoms with Crippen molar-refractivity contribution < 1.29 is 9.66 Å². The number of nitro groups is 1. The first-order valence-corrected chi connectivity index (χ1v) is 11.3. The Kier molecular flexibility index (Phi) is 7.40. The number of nitrogens with zero attached hydrogens (tertiary/aromatic N) is 4. The van der Waals surface area contributed by atoms with Crippen molar-refractivity contribution in [3.05, 3.63) is 72.7 Å². The van der Waals surface area contributed by atoms with E-state index in [4.69, 9.17) is 4.74 Å². The van der Waals surface area contributed by atoms with Gasteiger partial charge in [0.05, 0.1) is 28.1 Å². The van der Waals surface area contributed by atoms with Crippen LogP contribution in [0.2, 0.25) is 0 Å². The number of rotatable bonds is 8. The second-order valence-electron chi connectivity index (χ2n) is 7.62. The van der Waals surface area contributed by atoms with Gasteiger partial charge in [-0.25, -0.2) is 4.98 Å². The van der Waals surface area contributed by atoms with Gasteiger partial charge in [0.1, 0.15) is 11.6 Å². The summed E-state index contributed by atoms with van der Waals surface area (Å²) in [6.45, 7) is 7.89. The van der Waals surface area contributed by atoms with Crippen LogP contribution in [0.15, 0.2) is 50.8 Å². The lowest BCUT2D eigenvalue weighted by molar-refractivity contribution is -0.384. The van der Waals surface area contributed by atoms with Crippen LogP contribution in [0, 0.1) is 10.1 Å². The number of hydrogen-bond donors (Lipinski definition) is 0. The van der Waals surface area contributed by atoms with Crippen LogP contribution in [-0.4, -0.2) is 26.9 Å². The fourth-order valence-electron chi connectivity index (χ4n) is 3.06. The van der Waals surface area contributed by atoms with Crippen molar-refractivity contribution in [1.29, 1.82) is 0 Å². The molecule has 0 amide bonds. The van der Waals surface area contributed by atoms with Crippen LogP contribution in [0.4, 0.5) is 5.69 Å². The van der Waals surface area contributed by atoms with Crippen molar-refractivity contribution in [2.75, 3.05) is 0 Å². The van der Waals surface area contributed by atoms with Crippen LogP contribution >= 0.6 is 15.9 Å². The smallest absolute Gasteiger partial charge is 0.282 e. The van der Waals surface area contributed by atoms with E-state index in [2.05, 4.69) is 26.0 Å². The standard InChI is InChI=1S/C23H25BrN4O4/c1-5-14(3)22-26-20-9-7-17(24)12-19(20)23(29)27(22)25-13-16-11-18(28(30)31)8-10-21(16)32-15(4)6-2/h7-15H,5-6H2,1-4H3/t14-,15-/m0/s1. The van der Waals surface area contributed by atoms with Crippen molar-refractivity contribution in [2.24, 2.45) is 5.10 Å². The molecule has 0 aliphatic heterocycles. The molecule has 168 valence electrons. The summed E-state index contributed by atoms with van der Waals surface area (Å²) in [4.78, 5) is 28.8. The number of fused-ring (bicyclic) bond motifs is 1. The minimum atomic E-state index is -0.476. The van der Waals surface area contributed by atoms with Crippen LogP contribution in [0.1, 0.15) is 57.8 Å². The Morgan fingerprint density at radius 3 is 2.62 bits per heavy atom. The molecule has 0 unspecified atom stereocenters. The fraction of sp³-hybridized carbons (Fsp3) is 0.348. The average molecular weight is 501 g/mol. The molecule has 3 aromatic rings. The summed E-state index contributed by atoms with van der Waals surface area (Å²) >= 11 is 3.39. The van der Waals surface area contributed by atoms with Gasteiger partial charge in [0.2, 0.25) is 0 Å². The predicted octanol–water partition coefficient (Wildman–Crippen LogP) is 5.64. The molecule has 2 atom stereocenters. The zero-order valence-corrected chi connectivity index (χ0v) is 20.0. The van der Waals surface area contributed by atoms with Crippen molar-refractivity contribution in [1.82, 2.24) is 9.66 Å². The Morgan fingerprint density at radius 1 is 1.22 bits per heavy atom. The number of non-ortho nitro benzene ring substituents is 1. The monoisotopic (exact) mass is 500 g/mol. The van der Waals surface area contributed by atoms with E-state index in [-0.39, 0.29) is 23.3 Å². The van der Waals surface area contributed by atoms with E-state index < -0.39 is 4.92 Å². The number of ether oxygens (including phenoxy) is 1. The molecule has 9 heteroatoms. The van der Waals surface area contributed by atoms with E-state index in [1.54, 1.807) is 18.2 Å². The lowest BCUT2D eigenvalue weighted by Crippen LogP contribution is -2.23. The summed E-state index contributed by atoms with van der Waals surface area (Å²) in [6.07, 6.45) is 2.88. The third-order valence-electron chi connectivity index (χ3n) is 5.31. The zero-order chi connectivity index (χ0) is 23.4. The molecule has 0 N–H and O–H groups in total. The molecule has 2 aromatic carbocycles. The van der Waals surface area contributed by atoms with Gasteiger partial charge in [-0.2, -0.15) is 9.78 Å². The molecule has 1 heterocycles. The first-order valence-electron chi connectivity index (χ1n) is 10.5. The highest BCUT2D eigenvalue weighted by Gasteiger charge is 2.17. The summed E-state index contributed by atoms with van der Waals surface area (Å²) in [5, 5.41) is 16.1. The van der Waals surface area contributed by atoms with Gasteiger partial charge >= 0.3 is 0 Å². The second-order valence-corrected chi connectivity index (χ2v) is 8.53. The van der Waals surface area contributed by atoms with Crippen LogP contribution in [0.5, 0.6) is 5.75 Å². The average Bonchev–Trinajstić information content (AvgIpc) is 2.78. The molecule has 8 nitrogen and oxygen atoms in total. The van der Waals surface area contributed by atoms with E-state index in [1.807, 2.05) is 33.8 Å². The second kappa shape index (κ2) is 10.0. The van der Waals surface area contributed by atoms with E-state index in [9.17, 15) is 14.9 Å². The van der Waals surface area contributed by atoms with Crippen LogP contribution in [-0.2, 0) is 0 Å². The highest BCUT2D eigenvalue weighted by molar-refractivity contribution is 9.10. The number of hydrogen-bond acceptors (Lipinski definition) is 6.